The van der Waals surface area contributed by atoms with Crippen LogP contribution in [0.2, 0.25) is 0 Å². The first-order valence-corrected chi connectivity index (χ1v) is 6.66. The van der Waals surface area contributed by atoms with Gasteiger partial charge in [-0.2, -0.15) is 8.78 Å². The molecule has 1 aliphatic rings. The van der Waals surface area contributed by atoms with E-state index in [4.69, 9.17) is 4.74 Å². The predicted octanol–water partition coefficient (Wildman–Crippen LogP) is 2.51. The molecule has 2 rings (SSSR count). The molecule has 1 fully saturated rings. The molecule has 1 N–H and O–H groups in total. The number of methoxy groups -OCH3 is 1. The van der Waals surface area contributed by atoms with Crippen molar-refractivity contribution in [1.29, 1.82) is 0 Å². The van der Waals surface area contributed by atoms with Crippen LogP contribution in [-0.2, 0) is 6.54 Å². The first-order chi connectivity index (χ1) is 9.60. The maximum Gasteiger partial charge on any atom is 0.387 e. The van der Waals surface area contributed by atoms with Crippen molar-refractivity contribution in [3.05, 3.63) is 23.8 Å². The van der Waals surface area contributed by atoms with Gasteiger partial charge in [-0.15, -0.1) is 12.4 Å². The number of piperazine rings is 1. The van der Waals surface area contributed by atoms with Crippen LogP contribution < -0.4 is 14.8 Å². The number of alkyl halides is 2. The van der Waals surface area contributed by atoms with E-state index in [-0.39, 0.29) is 18.2 Å². The largest absolute Gasteiger partial charge is 0.493 e. The number of ether oxygens (including phenoxy) is 2. The van der Waals surface area contributed by atoms with Gasteiger partial charge in [0.25, 0.3) is 0 Å². The Labute approximate surface area is 129 Å². The first-order valence-electron chi connectivity index (χ1n) is 6.66. The number of halogens is 3. The number of nitrogens with zero attached hydrogens (tertiary/aromatic N) is 1. The summed E-state index contributed by atoms with van der Waals surface area (Å²) in [7, 11) is 1.45. The van der Waals surface area contributed by atoms with Crippen molar-refractivity contribution in [3.8, 4) is 11.5 Å². The lowest BCUT2D eigenvalue weighted by Gasteiger charge is -2.34. The molecule has 1 aromatic carbocycles. The highest BCUT2D eigenvalue weighted by Crippen LogP contribution is 2.30. The number of hydrogen-bond acceptors (Lipinski definition) is 4. The van der Waals surface area contributed by atoms with Crippen molar-refractivity contribution in [1.82, 2.24) is 10.2 Å². The summed E-state index contributed by atoms with van der Waals surface area (Å²) >= 11 is 0. The molecular formula is C14H21ClF2N2O2. The molecule has 1 aliphatic heterocycles. The molecule has 0 radical (unpaired) electrons. The Hall–Kier alpha value is -1.11. The first kappa shape index (κ1) is 17.9. The molecule has 0 amide bonds. The van der Waals surface area contributed by atoms with E-state index in [1.54, 1.807) is 12.1 Å². The Morgan fingerprint density at radius 2 is 2.14 bits per heavy atom. The van der Waals surface area contributed by atoms with E-state index in [0.29, 0.717) is 11.8 Å². The summed E-state index contributed by atoms with van der Waals surface area (Å²) in [4.78, 5) is 2.35. The highest BCUT2D eigenvalue weighted by atomic mass is 35.5. The SMILES string of the molecule is COc1cc(CN2CCNC[C@H]2C)ccc1OC(F)F.Cl. The number of hydrogen-bond donors (Lipinski definition) is 1. The van der Waals surface area contributed by atoms with Gasteiger partial charge < -0.3 is 14.8 Å². The molecule has 1 saturated heterocycles. The molecule has 0 bridgehead atoms. The van der Waals surface area contributed by atoms with Crippen LogP contribution >= 0.6 is 12.4 Å². The third kappa shape index (κ3) is 4.98. The van der Waals surface area contributed by atoms with E-state index in [1.807, 2.05) is 0 Å². The standard InChI is InChI=1S/C14H20F2N2O2.ClH/c1-10-8-17-5-6-18(10)9-11-3-4-12(20-14(15)16)13(7-11)19-2;/h3-4,7,10,14,17H,5-6,8-9H2,1-2H3;1H/t10-;/m1./s1. The van der Waals surface area contributed by atoms with E-state index in [0.717, 1.165) is 31.7 Å². The molecule has 21 heavy (non-hydrogen) atoms. The zero-order valence-corrected chi connectivity index (χ0v) is 13.0. The van der Waals surface area contributed by atoms with Crippen LogP contribution in [0.15, 0.2) is 18.2 Å². The van der Waals surface area contributed by atoms with Gasteiger partial charge in [-0.3, -0.25) is 4.90 Å². The van der Waals surface area contributed by atoms with Gasteiger partial charge in [0.15, 0.2) is 11.5 Å². The summed E-state index contributed by atoms with van der Waals surface area (Å²) < 4.78 is 34.1. The zero-order valence-electron chi connectivity index (χ0n) is 12.1. The third-order valence-corrected chi connectivity index (χ3v) is 3.47. The fourth-order valence-corrected chi connectivity index (χ4v) is 2.36. The molecule has 1 aromatic rings. The van der Waals surface area contributed by atoms with Gasteiger partial charge in [0.05, 0.1) is 7.11 Å². The van der Waals surface area contributed by atoms with Gasteiger partial charge in [-0.1, -0.05) is 6.07 Å². The summed E-state index contributed by atoms with van der Waals surface area (Å²) in [5, 5.41) is 3.33. The molecule has 0 unspecified atom stereocenters. The Kier molecular flexibility index (Phi) is 7.14. The van der Waals surface area contributed by atoms with Crippen LogP contribution in [0.25, 0.3) is 0 Å². The van der Waals surface area contributed by atoms with Gasteiger partial charge in [0, 0.05) is 32.2 Å². The number of nitrogens with one attached hydrogen (secondary N) is 1. The summed E-state index contributed by atoms with van der Waals surface area (Å²) in [6.07, 6.45) is 0. The summed E-state index contributed by atoms with van der Waals surface area (Å²) in [5.41, 5.74) is 1.03. The maximum absolute atomic E-state index is 12.3. The van der Waals surface area contributed by atoms with Crippen LogP contribution in [0.5, 0.6) is 11.5 Å². The Balaban J connectivity index is 0.00000220. The Bertz CT molecular complexity index is 449. The second kappa shape index (κ2) is 8.36. The molecule has 0 saturated carbocycles. The summed E-state index contributed by atoms with van der Waals surface area (Å²) in [6, 6.07) is 5.54. The molecule has 7 heteroatoms. The van der Waals surface area contributed by atoms with Crippen molar-refractivity contribution >= 4 is 12.4 Å². The van der Waals surface area contributed by atoms with E-state index in [1.165, 1.54) is 13.2 Å². The van der Waals surface area contributed by atoms with Crippen molar-refractivity contribution in [3.63, 3.8) is 0 Å². The monoisotopic (exact) mass is 322 g/mol. The molecule has 0 spiro atoms. The van der Waals surface area contributed by atoms with E-state index in [2.05, 4.69) is 21.9 Å². The molecule has 4 nitrogen and oxygen atoms in total. The van der Waals surface area contributed by atoms with Crippen LogP contribution in [0, 0.1) is 0 Å². The number of benzene rings is 1. The average molecular weight is 323 g/mol. The van der Waals surface area contributed by atoms with Crippen LogP contribution in [0.3, 0.4) is 0 Å². The van der Waals surface area contributed by atoms with E-state index < -0.39 is 6.61 Å². The lowest BCUT2D eigenvalue weighted by Crippen LogP contribution is -2.49. The molecule has 120 valence electrons. The topological polar surface area (TPSA) is 33.7 Å². The van der Waals surface area contributed by atoms with Gasteiger partial charge in [0.2, 0.25) is 0 Å². The quantitative estimate of drug-likeness (QED) is 0.903. The summed E-state index contributed by atoms with van der Waals surface area (Å²) in [5.74, 6) is 0.408. The fourth-order valence-electron chi connectivity index (χ4n) is 2.36. The molecule has 1 heterocycles. The highest BCUT2D eigenvalue weighted by molar-refractivity contribution is 5.85. The lowest BCUT2D eigenvalue weighted by molar-refractivity contribution is -0.0512. The number of rotatable bonds is 5. The smallest absolute Gasteiger partial charge is 0.387 e. The molecule has 1 atom stereocenters. The molecule has 0 aliphatic carbocycles. The fraction of sp³-hybridized carbons (Fsp3) is 0.571. The Morgan fingerprint density at radius 1 is 1.38 bits per heavy atom. The maximum atomic E-state index is 12.3. The summed E-state index contributed by atoms with van der Waals surface area (Å²) in [6.45, 7) is 2.99. The van der Waals surface area contributed by atoms with Crippen LogP contribution in [-0.4, -0.2) is 44.3 Å². The van der Waals surface area contributed by atoms with Gasteiger partial charge in [-0.05, 0) is 24.6 Å². The normalized spacial score (nSPS) is 19.2. The average Bonchev–Trinajstić information content (AvgIpc) is 2.42. The Morgan fingerprint density at radius 3 is 2.76 bits per heavy atom. The zero-order chi connectivity index (χ0) is 14.5. The van der Waals surface area contributed by atoms with E-state index in [9.17, 15) is 8.78 Å². The minimum atomic E-state index is -2.84. The van der Waals surface area contributed by atoms with Crippen LogP contribution in [0.1, 0.15) is 12.5 Å². The van der Waals surface area contributed by atoms with Gasteiger partial charge in [0.1, 0.15) is 0 Å². The lowest BCUT2D eigenvalue weighted by atomic mass is 10.1. The van der Waals surface area contributed by atoms with Crippen molar-refractivity contribution < 1.29 is 18.3 Å². The van der Waals surface area contributed by atoms with Crippen LogP contribution in [0.4, 0.5) is 8.78 Å². The minimum Gasteiger partial charge on any atom is -0.493 e. The highest BCUT2D eigenvalue weighted by Gasteiger charge is 2.19. The second-order valence-electron chi connectivity index (χ2n) is 4.89. The molecular weight excluding hydrogens is 302 g/mol. The minimum absolute atomic E-state index is 0. The van der Waals surface area contributed by atoms with Crippen molar-refractivity contribution in [2.24, 2.45) is 0 Å². The van der Waals surface area contributed by atoms with Gasteiger partial charge >= 0.3 is 6.61 Å². The van der Waals surface area contributed by atoms with Crippen molar-refractivity contribution in [2.75, 3.05) is 26.7 Å². The van der Waals surface area contributed by atoms with E-state index >= 15 is 0 Å². The predicted molar refractivity (Wildman–Crippen MR) is 79.6 cm³/mol. The van der Waals surface area contributed by atoms with Crippen molar-refractivity contribution in [2.45, 2.75) is 26.1 Å². The second-order valence-corrected chi connectivity index (χ2v) is 4.89. The molecule has 0 aromatic heterocycles. The van der Waals surface area contributed by atoms with Gasteiger partial charge in [-0.25, -0.2) is 0 Å². The third-order valence-electron chi connectivity index (χ3n) is 3.47.